The Hall–Kier alpha value is -7.00. The molecule has 0 radical (unpaired) electrons. The summed E-state index contributed by atoms with van der Waals surface area (Å²) < 4.78 is 2.69. The van der Waals surface area contributed by atoms with Crippen LogP contribution >= 0.6 is 11.3 Å². The highest BCUT2D eigenvalue weighted by molar-refractivity contribution is 7.26. The first kappa shape index (κ1) is 35.2. The fraction of sp³-hybridized carbons (Fsp3) is 0.0526. The number of nitrogens with zero attached hydrogens (tertiary/aromatic N) is 1. The Morgan fingerprint density at radius 2 is 0.831 bits per heavy atom. The van der Waals surface area contributed by atoms with E-state index in [9.17, 15) is 0 Å². The minimum Gasteiger partial charge on any atom is -0.309 e. The lowest BCUT2D eigenvalue weighted by Gasteiger charge is -2.26. The SMILES string of the molecule is CC(C)c1cc2ccccc2c2c1sc1c(N(c3ccc(-c4ccccc4)cc3)c3ccc(-c4ccc5cc(-c6ccc7ccccc7c6)ccc5c4)cc3)cccc12. The zero-order chi connectivity index (χ0) is 39.5. The highest BCUT2D eigenvalue weighted by Crippen LogP contribution is 2.49. The van der Waals surface area contributed by atoms with Gasteiger partial charge < -0.3 is 4.90 Å². The Kier molecular flexibility index (Phi) is 8.61. The summed E-state index contributed by atoms with van der Waals surface area (Å²) in [5.41, 5.74) is 12.2. The van der Waals surface area contributed by atoms with Crippen molar-refractivity contribution in [2.24, 2.45) is 0 Å². The summed E-state index contributed by atoms with van der Waals surface area (Å²) in [6, 6.07) is 75.9. The van der Waals surface area contributed by atoms with Crippen LogP contribution in [0, 0.1) is 0 Å². The zero-order valence-electron chi connectivity index (χ0n) is 33.1. The first-order chi connectivity index (χ1) is 29.1. The maximum Gasteiger partial charge on any atom is 0.0640 e. The largest absolute Gasteiger partial charge is 0.309 e. The third kappa shape index (κ3) is 6.25. The molecule has 0 N–H and O–H groups in total. The molecule has 11 rings (SSSR count). The van der Waals surface area contributed by atoms with Crippen LogP contribution in [0.2, 0.25) is 0 Å². The molecule has 0 saturated heterocycles. The van der Waals surface area contributed by atoms with Crippen molar-refractivity contribution in [3.05, 3.63) is 212 Å². The summed E-state index contributed by atoms with van der Waals surface area (Å²) in [6.07, 6.45) is 0. The number of fused-ring (bicyclic) bond motifs is 7. The quantitative estimate of drug-likeness (QED) is 0.156. The van der Waals surface area contributed by atoms with Crippen molar-refractivity contribution >= 4 is 80.9 Å². The molecule has 11 aromatic rings. The van der Waals surface area contributed by atoms with E-state index in [4.69, 9.17) is 0 Å². The van der Waals surface area contributed by atoms with Gasteiger partial charge in [-0.25, -0.2) is 0 Å². The van der Waals surface area contributed by atoms with Crippen LogP contribution in [0.5, 0.6) is 0 Å². The third-order valence-electron chi connectivity index (χ3n) is 12.0. The molecule has 1 aromatic heterocycles. The summed E-state index contributed by atoms with van der Waals surface area (Å²) in [7, 11) is 0. The van der Waals surface area contributed by atoms with Crippen molar-refractivity contribution in [3.63, 3.8) is 0 Å². The molecule has 1 heterocycles. The van der Waals surface area contributed by atoms with Crippen LogP contribution in [-0.4, -0.2) is 0 Å². The molecule has 0 spiro atoms. The van der Waals surface area contributed by atoms with Gasteiger partial charge in [-0.2, -0.15) is 0 Å². The van der Waals surface area contributed by atoms with Crippen molar-refractivity contribution in [2.75, 3.05) is 4.90 Å². The maximum absolute atomic E-state index is 2.45. The molecule has 59 heavy (non-hydrogen) atoms. The van der Waals surface area contributed by atoms with Gasteiger partial charge in [-0.1, -0.05) is 166 Å². The van der Waals surface area contributed by atoms with Gasteiger partial charge in [0.1, 0.15) is 0 Å². The van der Waals surface area contributed by atoms with Crippen LogP contribution in [0.25, 0.3) is 85.9 Å². The van der Waals surface area contributed by atoms with Crippen molar-refractivity contribution in [1.29, 1.82) is 0 Å². The number of hydrogen-bond acceptors (Lipinski definition) is 2. The molecule has 0 aliphatic heterocycles. The average Bonchev–Trinajstić information content (AvgIpc) is 3.70. The fourth-order valence-corrected chi connectivity index (χ4v) is 10.4. The highest BCUT2D eigenvalue weighted by atomic mass is 32.1. The zero-order valence-corrected chi connectivity index (χ0v) is 33.9. The Morgan fingerprint density at radius 1 is 0.356 bits per heavy atom. The summed E-state index contributed by atoms with van der Waals surface area (Å²) in [4.78, 5) is 2.45. The fourth-order valence-electron chi connectivity index (χ4n) is 8.90. The van der Waals surface area contributed by atoms with Crippen LogP contribution in [0.1, 0.15) is 25.3 Å². The van der Waals surface area contributed by atoms with E-state index in [0.29, 0.717) is 5.92 Å². The third-order valence-corrected chi connectivity index (χ3v) is 13.3. The Balaban J connectivity index is 1.01. The minimum atomic E-state index is 0.412. The van der Waals surface area contributed by atoms with Crippen LogP contribution in [0.15, 0.2) is 206 Å². The van der Waals surface area contributed by atoms with E-state index in [0.717, 1.165) is 11.4 Å². The summed E-state index contributed by atoms with van der Waals surface area (Å²) in [6.45, 7) is 4.63. The number of thiophene rings is 1. The standard InChI is InChI=1S/C57H41NS/c1-37(2)53-36-48-15-8-9-16-51(48)55-52-17-10-18-54(56(52)59-57(53)55)58(49-29-25-40(26-30-49)38-11-4-3-5-12-38)50-31-27-41(28-32-50)43-21-22-46-35-47(24-23-45(46)34-43)44-20-19-39-13-6-7-14-42(39)33-44/h3-37H,1-2H3. The van der Waals surface area contributed by atoms with Crippen molar-refractivity contribution in [3.8, 4) is 33.4 Å². The van der Waals surface area contributed by atoms with Crippen molar-refractivity contribution in [1.82, 2.24) is 0 Å². The molecule has 0 aliphatic rings. The predicted octanol–water partition coefficient (Wildman–Crippen LogP) is 17.1. The number of anilines is 3. The van der Waals surface area contributed by atoms with E-state index in [1.165, 1.54) is 97.1 Å². The van der Waals surface area contributed by atoms with E-state index in [1.54, 1.807) is 0 Å². The first-order valence-electron chi connectivity index (χ1n) is 20.5. The Morgan fingerprint density at radius 3 is 1.47 bits per heavy atom. The molecule has 0 aliphatic carbocycles. The Labute approximate surface area is 349 Å². The van der Waals surface area contributed by atoms with E-state index in [1.807, 2.05) is 11.3 Å². The summed E-state index contributed by atoms with van der Waals surface area (Å²) in [5, 5.41) is 10.3. The second-order valence-corrected chi connectivity index (χ2v) is 17.0. The number of rotatable bonds is 7. The van der Waals surface area contributed by atoms with E-state index in [2.05, 4.69) is 225 Å². The molecule has 1 nitrogen and oxygen atoms in total. The molecule has 0 amide bonds. The molecule has 0 atom stereocenters. The second-order valence-electron chi connectivity index (χ2n) is 15.9. The van der Waals surface area contributed by atoms with Crippen LogP contribution in [0.4, 0.5) is 17.1 Å². The van der Waals surface area contributed by atoms with Gasteiger partial charge in [0.2, 0.25) is 0 Å². The smallest absolute Gasteiger partial charge is 0.0640 e. The van der Waals surface area contributed by atoms with Gasteiger partial charge in [-0.05, 0) is 132 Å². The molecule has 0 unspecified atom stereocenters. The summed E-state index contributed by atoms with van der Waals surface area (Å²) in [5.74, 6) is 0.412. The molecule has 0 bridgehead atoms. The van der Waals surface area contributed by atoms with Gasteiger partial charge in [0.15, 0.2) is 0 Å². The lowest BCUT2D eigenvalue weighted by molar-refractivity contribution is 0.879. The summed E-state index contributed by atoms with van der Waals surface area (Å²) >= 11 is 1.94. The highest BCUT2D eigenvalue weighted by Gasteiger charge is 2.21. The van der Waals surface area contributed by atoms with E-state index < -0.39 is 0 Å². The van der Waals surface area contributed by atoms with Crippen LogP contribution < -0.4 is 4.90 Å². The van der Waals surface area contributed by atoms with E-state index >= 15 is 0 Å². The van der Waals surface area contributed by atoms with E-state index in [-0.39, 0.29) is 0 Å². The van der Waals surface area contributed by atoms with Crippen molar-refractivity contribution in [2.45, 2.75) is 19.8 Å². The normalized spacial score (nSPS) is 11.7. The molecule has 0 fully saturated rings. The van der Waals surface area contributed by atoms with Gasteiger partial charge in [0.25, 0.3) is 0 Å². The molecular weight excluding hydrogens is 731 g/mol. The van der Waals surface area contributed by atoms with Gasteiger partial charge in [0.05, 0.1) is 10.4 Å². The van der Waals surface area contributed by atoms with Crippen molar-refractivity contribution < 1.29 is 0 Å². The molecular formula is C57H41NS. The molecule has 10 aromatic carbocycles. The first-order valence-corrected chi connectivity index (χ1v) is 21.3. The molecule has 2 heteroatoms. The van der Waals surface area contributed by atoms with Gasteiger partial charge in [-0.15, -0.1) is 11.3 Å². The minimum absolute atomic E-state index is 0.412. The average molecular weight is 772 g/mol. The van der Waals surface area contributed by atoms with Crippen LogP contribution in [0.3, 0.4) is 0 Å². The topological polar surface area (TPSA) is 3.24 Å². The van der Waals surface area contributed by atoms with Gasteiger partial charge in [-0.3, -0.25) is 0 Å². The maximum atomic E-state index is 2.45. The monoisotopic (exact) mass is 771 g/mol. The van der Waals surface area contributed by atoms with Gasteiger partial charge >= 0.3 is 0 Å². The number of hydrogen-bond donors (Lipinski definition) is 0. The van der Waals surface area contributed by atoms with Crippen LogP contribution in [-0.2, 0) is 0 Å². The predicted molar refractivity (Wildman–Crippen MR) is 257 cm³/mol. The second kappa shape index (κ2) is 14.4. The lowest BCUT2D eigenvalue weighted by atomic mass is 9.95. The Bertz CT molecular complexity index is 3340. The lowest BCUT2D eigenvalue weighted by Crippen LogP contribution is -2.10. The van der Waals surface area contributed by atoms with Gasteiger partial charge in [0, 0.05) is 26.8 Å². The molecule has 280 valence electrons. The number of benzene rings is 10. The molecule has 0 saturated carbocycles.